The van der Waals surface area contributed by atoms with Gasteiger partial charge < -0.3 is 14.5 Å². The van der Waals surface area contributed by atoms with Gasteiger partial charge in [0.15, 0.2) is 0 Å². The first-order valence-corrected chi connectivity index (χ1v) is 7.55. The maximum atomic E-state index is 11.6. The summed E-state index contributed by atoms with van der Waals surface area (Å²) in [6, 6.07) is 5.13. The van der Waals surface area contributed by atoms with Crippen LogP contribution >= 0.6 is 0 Å². The van der Waals surface area contributed by atoms with Crippen molar-refractivity contribution in [2.24, 2.45) is 0 Å². The summed E-state index contributed by atoms with van der Waals surface area (Å²) in [5.74, 6) is 1.14. The molecule has 0 amide bonds. The van der Waals surface area contributed by atoms with Crippen molar-refractivity contribution in [1.29, 1.82) is 0 Å². The van der Waals surface area contributed by atoms with Crippen molar-refractivity contribution in [2.75, 3.05) is 13.2 Å². The number of rotatable bonds is 7. The summed E-state index contributed by atoms with van der Waals surface area (Å²) in [6.07, 6.45) is 2.80. The predicted molar refractivity (Wildman–Crippen MR) is 92.0 cm³/mol. The molecule has 0 aliphatic heterocycles. The Balaban J connectivity index is 2.47. The predicted octanol–water partition coefficient (Wildman–Crippen LogP) is 1.94. The molecule has 0 unspecified atom stereocenters. The second-order valence-electron chi connectivity index (χ2n) is 4.83. The van der Waals surface area contributed by atoms with Gasteiger partial charge in [0.1, 0.15) is 17.2 Å². The third-order valence-corrected chi connectivity index (χ3v) is 3.15. The van der Waals surface area contributed by atoms with Gasteiger partial charge in [-0.3, -0.25) is 19.9 Å². The van der Waals surface area contributed by atoms with E-state index in [1.165, 1.54) is 12.2 Å². The fourth-order valence-electron chi connectivity index (χ4n) is 2.16. The number of hydrogen-bond donors (Lipinski definition) is 2. The second kappa shape index (κ2) is 7.95. The van der Waals surface area contributed by atoms with Gasteiger partial charge in [-0.15, -0.1) is 0 Å². The molecule has 0 aliphatic rings. The lowest BCUT2D eigenvalue weighted by Gasteiger charge is -2.10. The number of nitrogens with one attached hydrogen (secondary N) is 2. The van der Waals surface area contributed by atoms with Gasteiger partial charge in [0.25, 0.3) is 0 Å². The molecule has 1 aromatic carbocycles. The minimum Gasteiger partial charge on any atom is -0.494 e. The summed E-state index contributed by atoms with van der Waals surface area (Å²) in [5.41, 5.74) is -2.22. The molecule has 2 rings (SSSR count). The summed E-state index contributed by atoms with van der Waals surface area (Å²) in [6.45, 7) is 4.59. The minimum absolute atomic E-state index is 0.199. The van der Waals surface area contributed by atoms with Gasteiger partial charge in [0.2, 0.25) is 0 Å². The average molecular weight is 347 g/mol. The van der Waals surface area contributed by atoms with E-state index in [-0.39, 0.29) is 5.69 Å². The van der Waals surface area contributed by atoms with Crippen LogP contribution < -0.4 is 20.7 Å². The molecule has 9 nitrogen and oxygen atoms in total. The first-order valence-electron chi connectivity index (χ1n) is 7.55. The summed E-state index contributed by atoms with van der Waals surface area (Å²) >= 11 is 0. The van der Waals surface area contributed by atoms with Gasteiger partial charge in [-0.2, -0.15) is 0 Å². The van der Waals surface area contributed by atoms with Crippen LogP contribution in [-0.2, 0) is 0 Å². The Morgan fingerprint density at radius 3 is 2.48 bits per heavy atom. The van der Waals surface area contributed by atoms with Crippen LogP contribution in [0.4, 0.5) is 5.69 Å². The van der Waals surface area contributed by atoms with Crippen molar-refractivity contribution in [3.63, 3.8) is 0 Å². The van der Waals surface area contributed by atoms with Gasteiger partial charge in [-0.05, 0) is 38.1 Å². The van der Waals surface area contributed by atoms with Crippen LogP contribution in [0.25, 0.3) is 12.2 Å². The third-order valence-electron chi connectivity index (χ3n) is 3.15. The number of aromatic nitrogens is 2. The standard InChI is InChI=1S/C16H17N3O6/c1-3-24-11-7-5-10(13(9-11)25-4-2)6-8-12-14(19(22)23)15(20)18-16(21)17-12/h5-9H,3-4H2,1-2H3,(H2,17,18,20,21)/b8-6+. The molecular formula is C16H17N3O6. The Kier molecular flexibility index (Phi) is 5.72. The Morgan fingerprint density at radius 1 is 1.12 bits per heavy atom. The molecule has 9 heteroatoms. The maximum absolute atomic E-state index is 11.6. The topological polar surface area (TPSA) is 127 Å². The Hall–Kier alpha value is -3.36. The molecule has 0 saturated carbocycles. The van der Waals surface area contributed by atoms with Crippen molar-refractivity contribution >= 4 is 17.8 Å². The fourth-order valence-corrected chi connectivity index (χ4v) is 2.16. The van der Waals surface area contributed by atoms with Gasteiger partial charge in [-0.25, -0.2) is 4.79 Å². The highest BCUT2D eigenvalue weighted by Gasteiger charge is 2.18. The van der Waals surface area contributed by atoms with Gasteiger partial charge >= 0.3 is 16.9 Å². The third kappa shape index (κ3) is 4.34. The van der Waals surface area contributed by atoms with Crippen LogP contribution in [0, 0.1) is 10.1 Å². The number of H-pyrrole nitrogens is 2. The van der Waals surface area contributed by atoms with E-state index in [1.54, 1.807) is 18.2 Å². The second-order valence-corrected chi connectivity index (χ2v) is 4.83. The van der Waals surface area contributed by atoms with E-state index in [0.29, 0.717) is 30.3 Å². The van der Waals surface area contributed by atoms with Crippen LogP contribution in [0.1, 0.15) is 25.1 Å². The van der Waals surface area contributed by atoms with Crippen molar-refractivity contribution in [2.45, 2.75) is 13.8 Å². The molecular weight excluding hydrogens is 330 g/mol. The summed E-state index contributed by atoms with van der Waals surface area (Å²) in [4.78, 5) is 37.2. The molecule has 25 heavy (non-hydrogen) atoms. The zero-order valence-corrected chi connectivity index (χ0v) is 13.7. The molecule has 2 aromatic rings. The number of ether oxygens (including phenoxy) is 2. The van der Waals surface area contributed by atoms with E-state index in [4.69, 9.17) is 9.47 Å². The molecule has 1 aromatic heterocycles. The van der Waals surface area contributed by atoms with Gasteiger partial charge in [0, 0.05) is 11.6 Å². The minimum atomic E-state index is -1.06. The zero-order chi connectivity index (χ0) is 18.4. The Morgan fingerprint density at radius 2 is 1.84 bits per heavy atom. The lowest BCUT2D eigenvalue weighted by Crippen LogP contribution is -2.25. The number of nitro groups is 1. The monoisotopic (exact) mass is 347 g/mol. The molecule has 0 aliphatic carbocycles. The summed E-state index contributed by atoms with van der Waals surface area (Å²) in [5, 5.41) is 11.0. The van der Waals surface area contributed by atoms with Gasteiger partial charge in [0.05, 0.1) is 18.1 Å². The summed E-state index contributed by atoms with van der Waals surface area (Å²) in [7, 11) is 0. The first-order chi connectivity index (χ1) is 12.0. The first kappa shape index (κ1) is 18.0. The highest BCUT2D eigenvalue weighted by Crippen LogP contribution is 2.27. The van der Waals surface area contributed by atoms with E-state index in [2.05, 4.69) is 4.98 Å². The molecule has 1 heterocycles. The molecule has 0 radical (unpaired) electrons. The molecule has 0 saturated heterocycles. The van der Waals surface area contributed by atoms with E-state index in [1.807, 2.05) is 18.8 Å². The highest BCUT2D eigenvalue weighted by molar-refractivity contribution is 5.74. The quantitative estimate of drug-likeness (QED) is 0.582. The number of nitrogens with zero attached hydrogens (tertiary/aromatic N) is 1. The molecule has 0 fully saturated rings. The lowest BCUT2D eigenvalue weighted by atomic mass is 10.1. The van der Waals surface area contributed by atoms with Crippen LogP contribution in [0.15, 0.2) is 27.8 Å². The van der Waals surface area contributed by atoms with E-state index in [0.717, 1.165) is 0 Å². The van der Waals surface area contributed by atoms with Crippen molar-refractivity contribution in [3.05, 3.63) is 60.4 Å². The SMILES string of the molecule is CCOc1ccc(/C=C/c2[nH]c(=O)[nH]c(=O)c2[N+](=O)[O-])c(OCC)c1. The van der Waals surface area contributed by atoms with Crippen molar-refractivity contribution in [1.82, 2.24) is 9.97 Å². The van der Waals surface area contributed by atoms with Gasteiger partial charge in [-0.1, -0.05) is 0 Å². The van der Waals surface area contributed by atoms with E-state index in [9.17, 15) is 19.7 Å². The average Bonchev–Trinajstić information content (AvgIpc) is 2.53. The zero-order valence-electron chi connectivity index (χ0n) is 13.7. The number of aromatic amines is 2. The van der Waals surface area contributed by atoms with Crippen LogP contribution in [-0.4, -0.2) is 28.1 Å². The molecule has 0 bridgehead atoms. The number of hydrogen-bond acceptors (Lipinski definition) is 6. The lowest BCUT2D eigenvalue weighted by molar-refractivity contribution is -0.386. The van der Waals surface area contributed by atoms with Crippen molar-refractivity contribution < 1.29 is 14.4 Å². The van der Waals surface area contributed by atoms with Crippen LogP contribution in [0.2, 0.25) is 0 Å². The number of benzene rings is 1. The molecule has 132 valence electrons. The highest BCUT2D eigenvalue weighted by atomic mass is 16.6. The maximum Gasteiger partial charge on any atom is 0.357 e. The van der Waals surface area contributed by atoms with Crippen LogP contribution in [0.3, 0.4) is 0 Å². The van der Waals surface area contributed by atoms with E-state index >= 15 is 0 Å². The van der Waals surface area contributed by atoms with Crippen LogP contribution in [0.5, 0.6) is 11.5 Å². The van der Waals surface area contributed by atoms with E-state index < -0.39 is 21.9 Å². The fraction of sp³-hybridized carbons (Fsp3) is 0.250. The molecule has 0 spiro atoms. The Labute approximate surface area is 142 Å². The smallest absolute Gasteiger partial charge is 0.357 e. The van der Waals surface area contributed by atoms with Crippen molar-refractivity contribution in [3.8, 4) is 11.5 Å². The molecule has 2 N–H and O–H groups in total. The Bertz CT molecular complexity index is 913. The normalized spacial score (nSPS) is 10.8. The summed E-state index contributed by atoms with van der Waals surface area (Å²) < 4.78 is 10.9. The molecule has 0 atom stereocenters. The largest absolute Gasteiger partial charge is 0.494 e.